The SMILES string of the molecule is O=c1cc(-c2ccccc2)n2nnnc2[nH]1. The molecule has 16 heavy (non-hydrogen) atoms. The van der Waals surface area contributed by atoms with E-state index in [4.69, 9.17) is 0 Å². The van der Waals surface area contributed by atoms with Crippen LogP contribution in [0.15, 0.2) is 41.2 Å². The van der Waals surface area contributed by atoms with Gasteiger partial charge in [-0.25, -0.2) is 0 Å². The van der Waals surface area contributed by atoms with Crippen molar-refractivity contribution in [2.75, 3.05) is 0 Å². The van der Waals surface area contributed by atoms with Crippen LogP contribution >= 0.6 is 0 Å². The van der Waals surface area contributed by atoms with E-state index in [1.54, 1.807) is 0 Å². The predicted molar refractivity (Wildman–Crippen MR) is 56.8 cm³/mol. The molecule has 1 N–H and O–H groups in total. The second kappa shape index (κ2) is 3.27. The number of tetrazole rings is 1. The molecule has 78 valence electrons. The summed E-state index contributed by atoms with van der Waals surface area (Å²) in [5.41, 5.74) is 1.34. The van der Waals surface area contributed by atoms with Crippen molar-refractivity contribution in [2.24, 2.45) is 0 Å². The molecule has 0 aliphatic carbocycles. The zero-order valence-electron chi connectivity index (χ0n) is 8.16. The van der Waals surface area contributed by atoms with Gasteiger partial charge in [-0.1, -0.05) is 35.4 Å². The lowest BCUT2D eigenvalue weighted by atomic mass is 10.1. The molecule has 0 fully saturated rings. The van der Waals surface area contributed by atoms with E-state index >= 15 is 0 Å². The van der Waals surface area contributed by atoms with Crippen molar-refractivity contribution < 1.29 is 0 Å². The van der Waals surface area contributed by atoms with E-state index in [-0.39, 0.29) is 5.56 Å². The first-order valence-electron chi connectivity index (χ1n) is 4.71. The molecule has 6 heteroatoms. The normalized spacial score (nSPS) is 10.8. The van der Waals surface area contributed by atoms with Crippen LogP contribution < -0.4 is 5.56 Å². The fourth-order valence-corrected chi connectivity index (χ4v) is 1.57. The molecule has 3 aromatic rings. The van der Waals surface area contributed by atoms with Crippen molar-refractivity contribution in [3.05, 3.63) is 46.8 Å². The van der Waals surface area contributed by atoms with Crippen LogP contribution in [0.5, 0.6) is 0 Å². The first-order valence-corrected chi connectivity index (χ1v) is 4.71. The molecule has 0 radical (unpaired) electrons. The Labute approximate surface area is 89.6 Å². The second-order valence-corrected chi connectivity index (χ2v) is 3.30. The highest BCUT2D eigenvalue weighted by Gasteiger charge is 2.07. The molecule has 0 saturated heterocycles. The van der Waals surface area contributed by atoms with Gasteiger partial charge in [0.05, 0.1) is 5.69 Å². The highest BCUT2D eigenvalue weighted by Crippen LogP contribution is 2.15. The quantitative estimate of drug-likeness (QED) is 0.637. The number of fused-ring (bicyclic) bond motifs is 1. The van der Waals surface area contributed by atoms with E-state index in [1.165, 1.54) is 10.6 Å². The second-order valence-electron chi connectivity index (χ2n) is 3.30. The van der Waals surface area contributed by atoms with Crippen LogP contribution in [0.3, 0.4) is 0 Å². The fraction of sp³-hybridized carbons (Fsp3) is 0. The van der Waals surface area contributed by atoms with Gasteiger partial charge in [-0.15, -0.1) is 0 Å². The average molecular weight is 213 g/mol. The molecule has 0 aliphatic heterocycles. The number of hydrogen-bond donors (Lipinski definition) is 1. The molecule has 2 aromatic heterocycles. The monoisotopic (exact) mass is 213 g/mol. The Hall–Kier alpha value is -2.50. The van der Waals surface area contributed by atoms with E-state index in [0.717, 1.165) is 5.56 Å². The van der Waals surface area contributed by atoms with E-state index in [1.807, 2.05) is 30.3 Å². The van der Waals surface area contributed by atoms with Crippen LogP contribution in [-0.2, 0) is 0 Å². The van der Waals surface area contributed by atoms with Gasteiger partial charge in [0, 0.05) is 11.6 Å². The maximum atomic E-state index is 11.4. The van der Waals surface area contributed by atoms with Gasteiger partial charge < -0.3 is 0 Å². The van der Waals surface area contributed by atoms with Crippen LogP contribution in [0.2, 0.25) is 0 Å². The fourth-order valence-electron chi connectivity index (χ4n) is 1.57. The highest BCUT2D eigenvalue weighted by molar-refractivity contribution is 5.60. The van der Waals surface area contributed by atoms with E-state index in [0.29, 0.717) is 11.5 Å². The van der Waals surface area contributed by atoms with E-state index in [2.05, 4.69) is 20.5 Å². The zero-order valence-corrected chi connectivity index (χ0v) is 8.16. The van der Waals surface area contributed by atoms with Gasteiger partial charge in [-0.05, 0) is 10.4 Å². The van der Waals surface area contributed by atoms with Gasteiger partial charge in [0.25, 0.3) is 11.3 Å². The Morgan fingerprint density at radius 3 is 2.81 bits per heavy atom. The molecule has 0 spiro atoms. The Bertz CT molecular complexity index is 685. The van der Waals surface area contributed by atoms with Crippen molar-refractivity contribution in [1.82, 2.24) is 25.0 Å². The largest absolute Gasteiger partial charge is 0.289 e. The summed E-state index contributed by atoms with van der Waals surface area (Å²) in [6, 6.07) is 11.0. The Kier molecular flexibility index (Phi) is 1.79. The van der Waals surface area contributed by atoms with Crippen LogP contribution in [-0.4, -0.2) is 25.0 Å². The lowest BCUT2D eigenvalue weighted by Gasteiger charge is -2.01. The molecule has 0 bridgehead atoms. The van der Waals surface area contributed by atoms with Gasteiger partial charge in [0.1, 0.15) is 0 Å². The Balaban J connectivity index is 2.39. The molecule has 0 unspecified atom stereocenters. The average Bonchev–Trinajstić information content (AvgIpc) is 2.77. The zero-order chi connectivity index (χ0) is 11.0. The molecular weight excluding hydrogens is 206 g/mol. The van der Waals surface area contributed by atoms with Crippen molar-refractivity contribution in [2.45, 2.75) is 0 Å². The number of rotatable bonds is 1. The van der Waals surface area contributed by atoms with Crippen molar-refractivity contribution in [1.29, 1.82) is 0 Å². The Morgan fingerprint density at radius 1 is 1.19 bits per heavy atom. The molecule has 2 heterocycles. The summed E-state index contributed by atoms with van der Waals surface area (Å²) in [6.45, 7) is 0. The minimum absolute atomic E-state index is 0.221. The third-order valence-corrected chi connectivity index (χ3v) is 2.27. The van der Waals surface area contributed by atoms with Gasteiger partial charge >= 0.3 is 0 Å². The molecule has 0 aliphatic rings. The molecule has 0 atom stereocenters. The number of H-pyrrole nitrogens is 1. The van der Waals surface area contributed by atoms with E-state index < -0.39 is 0 Å². The van der Waals surface area contributed by atoms with Gasteiger partial charge in [-0.3, -0.25) is 9.78 Å². The summed E-state index contributed by atoms with van der Waals surface area (Å²) in [6.07, 6.45) is 0. The summed E-state index contributed by atoms with van der Waals surface area (Å²) in [5.74, 6) is 0.339. The maximum Gasteiger partial charge on any atom is 0.254 e. The first kappa shape index (κ1) is 8.78. The number of hydrogen-bond acceptors (Lipinski definition) is 4. The minimum Gasteiger partial charge on any atom is -0.289 e. The summed E-state index contributed by atoms with van der Waals surface area (Å²) < 4.78 is 1.50. The topological polar surface area (TPSA) is 75.9 Å². The van der Waals surface area contributed by atoms with Gasteiger partial charge in [-0.2, -0.15) is 4.52 Å². The van der Waals surface area contributed by atoms with Gasteiger partial charge in [0.2, 0.25) is 0 Å². The standard InChI is InChI=1S/C10H7N5O/c16-9-6-8(7-4-2-1-3-5-7)15-10(11-9)12-13-14-15/h1-6H,(H,11,12,14,16). The smallest absolute Gasteiger partial charge is 0.254 e. The molecule has 1 aromatic carbocycles. The lowest BCUT2D eigenvalue weighted by molar-refractivity contribution is 0.824. The first-order chi connectivity index (χ1) is 7.84. The summed E-state index contributed by atoms with van der Waals surface area (Å²) >= 11 is 0. The summed E-state index contributed by atoms with van der Waals surface area (Å²) in [4.78, 5) is 14.0. The maximum absolute atomic E-state index is 11.4. The van der Waals surface area contributed by atoms with E-state index in [9.17, 15) is 4.79 Å². The number of nitrogens with zero attached hydrogens (tertiary/aromatic N) is 4. The minimum atomic E-state index is -0.221. The number of benzene rings is 1. The third-order valence-electron chi connectivity index (χ3n) is 2.27. The molecule has 0 saturated carbocycles. The molecule has 3 rings (SSSR count). The molecule has 6 nitrogen and oxygen atoms in total. The van der Waals surface area contributed by atoms with Crippen LogP contribution in [0.25, 0.3) is 17.0 Å². The van der Waals surface area contributed by atoms with Crippen molar-refractivity contribution in [3.63, 3.8) is 0 Å². The summed E-state index contributed by atoms with van der Waals surface area (Å²) in [5, 5.41) is 11.1. The summed E-state index contributed by atoms with van der Waals surface area (Å²) in [7, 11) is 0. The van der Waals surface area contributed by atoms with Crippen molar-refractivity contribution in [3.8, 4) is 11.3 Å². The molecular formula is C10H7N5O. The highest BCUT2D eigenvalue weighted by atomic mass is 16.1. The number of nitrogens with one attached hydrogen (secondary N) is 1. The van der Waals surface area contributed by atoms with Gasteiger partial charge in [0.15, 0.2) is 0 Å². The predicted octanol–water partition coefficient (Wildman–Crippen LogP) is 0.480. The van der Waals surface area contributed by atoms with Crippen LogP contribution in [0.4, 0.5) is 0 Å². The molecule has 0 amide bonds. The number of aromatic nitrogens is 5. The Morgan fingerprint density at radius 2 is 2.00 bits per heavy atom. The van der Waals surface area contributed by atoms with Crippen LogP contribution in [0, 0.1) is 0 Å². The lowest BCUT2D eigenvalue weighted by Crippen LogP contribution is -2.09. The van der Waals surface area contributed by atoms with Crippen LogP contribution in [0.1, 0.15) is 0 Å². The number of aromatic amines is 1. The third kappa shape index (κ3) is 1.28. The van der Waals surface area contributed by atoms with Crippen molar-refractivity contribution >= 4 is 5.78 Å².